The summed E-state index contributed by atoms with van der Waals surface area (Å²) >= 11 is 0. The van der Waals surface area contributed by atoms with Gasteiger partial charge in [-0.15, -0.1) is 0 Å². The molecular formula is C8H15N2O. The third kappa shape index (κ3) is 1.71. The lowest BCUT2D eigenvalue weighted by Crippen LogP contribution is -2.56. The molecule has 0 bridgehead atoms. The molecule has 3 heteroatoms. The van der Waals surface area contributed by atoms with Crippen molar-refractivity contribution in [1.29, 1.82) is 0 Å². The largest absolute Gasteiger partial charge is 0.335 e. The zero-order valence-electron chi connectivity index (χ0n) is 7.13. The van der Waals surface area contributed by atoms with Crippen molar-refractivity contribution in [2.24, 2.45) is 0 Å². The van der Waals surface area contributed by atoms with E-state index in [0.717, 1.165) is 13.1 Å². The van der Waals surface area contributed by atoms with Crippen LogP contribution in [-0.2, 0) is 4.79 Å². The number of nitrogens with zero attached hydrogens (tertiary/aromatic N) is 1. The Kier molecular flexibility index (Phi) is 2.49. The van der Waals surface area contributed by atoms with E-state index in [0.29, 0.717) is 0 Å². The molecule has 63 valence electrons. The quantitative estimate of drug-likeness (QED) is 0.535. The normalized spacial score (nSPS) is 32.1. The molecule has 1 rings (SSSR count). The van der Waals surface area contributed by atoms with E-state index >= 15 is 0 Å². The molecule has 0 aromatic carbocycles. The van der Waals surface area contributed by atoms with Crippen molar-refractivity contribution < 1.29 is 4.79 Å². The van der Waals surface area contributed by atoms with Gasteiger partial charge in [-0.2, -0.15) is 0 Å². The molecule has 11 heavy (non-hydrogen) atoms. The van der Waals surface area contributed by atoms with Gasteiger partial charge in [0, 0.05) is 32.1 Å². The summed E-state index contributed by atoms with van der Waals surface area (Å²) in [5, 5.41) is 3.25. The molecule has 1 N–H and O–H groups in total. The summed E-state index contributed by atoms with van der Waals surface area (Å²) in [4.78, 5) is 12.8. The van der Waals surface area contributed by atoms with Crippen LogP contribution in [0.1, 0.15) is 13.8 Å². The van der Waals surface area contributed by atoms with Gasteiger partial charge in [0.15, 0.2) is 0 Å². The third-order valence-electron chi connectivity index (χ3n) is 2.12. The molecular weight excluding hydrogens is 140 g/mol. The van der Waals surface area contributed by atoms with Crippen molar-refractivity contribution in [3.05, 3.63) is 6.92 Å². The van der Waals surface area contributed by atoms with Crippen LogP contribution in [-0.4, -0.2) is 36.0 Å². The SMILES string of the molecule is [CH2]C(=O)N1[C@H](C)CNC[C@@H]1C. The van der Waals surface area contributed by atoms with Gasteiger partial charge in [0.05, 0.1) is 0 Å². The van der Waals surface area contributed by atoms with Gasteiger partial charge in [0.2, 0.25) is 5.91 Å². The summed E-state index contributed by atoms with van der Waals surface area (Å²) in [5.41, 5.74) is 0. The van der Waals surface area contributed by atoms with Gasteiger partial charge < -0.3 is 10.2 Å². The van der Waals surface area contributed by atoms with E-state index < -0.39 is 0 Å². The second kappa shape index (κ2) is 3.22. The van der Waals surface area contributed by atoms with Crippen LogP contribution < -0.4 is 5.32 Å². The van der Waals surface area contributed by atoms with Gasteiger partial charge in [0.1, 0.15) is 0 Å². The Labute approximate surface area is 67.8 Å². The highest BCUT2D eigenvalue weighted by Crippen LogP contribution is 2.08. The fourth-order valence-electron chi connectivity index (χ4n) is 1.62. The second-order valence-electron chi connectivity index (χ2n) is 3.16. The van der Waals surface area contributed by atoms with Crippen LogP contribution in [0.4, 0.5) is 0 Å². The Bertz CT molecular complexity index is 148. The lowest BCUT2D eigenvalue weighted by molar-refractivity contribution is -0.131. The van der Waals surface area contributed by atoms with Gasteiger partial charge in [-0.25, -0.2) is 0 Å². The molecule has 1 fully saturated rings. The van der Waals surface area contributed by atoms with E-state index in [1.807, 2.05) is 18.7 Å². The smallest absolute Gasteiger partial charge is 0.223 e. The van der Waals surface area contributed by atoms with Gasteiger partial charge in [-0.1, -0.05) is 0 Å². The Morgan fingerprint density at radius 1 is 1.45 bits per heavy atom. The minimum absolute atomic E-state index is 0.0634. The van der Waals surface area contributed by atoms with Crippen molar-refractivity contribution in [1.82, 2.24) is 10.2 Å². The molecule has 0 aliphatic carbocycles. The van der Waals surface area contributed by atoms with E-state index in [9.17, 15) is 4.79 Å². The zero-order valence-corrected chi connectivity index (χ0v) is 7.13. The highest BCUT2D eigenvalue weighted by Gasteiger charge is 2.25. The van der Waals surface area contributed by atoms with Crippen LogP contribution >= 0.6 is 0 Å². The maximum atomic E-state index is 11.0. The Morgan fingerprint density at radius 3 is 2.18 bits per heavy atom. The van der Waals surface area contributed by atoms with Crippen molar-refractivity contribution in [2.45, 2.75) is 25.9 Å². The summed E-state index contributed by atoms with van der Waals surface area (Å²) in [7, 11) is 0. The van der Waals surface area contributed by atoms with E-state index in [1.54, 1.807) is 0 Å². The number of nitrogens with one attached hydrogen (secondary N) is 1. The molecule has 0 aromatic rings. The minimum Gasteiger partial charge on any atom is -0.335 e. The summed E-state index contributed by atoms with van der Waals surface area (Å²) in [5.74, 6) is -0.0634. The molecule has 3 nitrogen and oxygen atoms in total. The molecule has 0 aromatic heterocycles. The molecule has 1 saturated heterocycles. The predicted molar refractivity (Wildman–Crippen MR) is 44.0 cm³/mol. The van der Waals surface area contributed by atoms with E-state index in [2.05, 4.69) is 12.2 Å². The molecule has 0 spiro atoms. The van der Waals surface area contributed by atoms with Gasteiger partial charge in [0.25, 0.3) is 0 Å². The standard InChI is InChI=1S/C8H15N2O/c1-6-4-9-5-7(2)10(6)8(3)11/h6-7,9H,3-5H2,1-2H3/t6-,7+. The zero-order chi connectivity index (χ0) is 8.43. The van der Waals surface area contributed by atoms with Crippen LogP contribution in [0, 0.1) is 6.92 Å². The average molecular weight is 155 g/mol. The molecule has 1 aliphatic heterocycles. The van der Waals surface area contributed by atoms with Gasteiger partial charge in [-0.05, 0) is 13.8 Å². The second-order valence-corrected chi connectivity index (χ2v) is 3.16. The van der Waals surface area contributed by atoms with Crippen LogP contribution in [0.15, 0.2) is 0 Å². The Hall–Kier alpha value is -0.570. The third-order valence-corrected chi connectivity index (χ3v) is 2.12. The molecule has 1 amide bonds. The summed E-state index contributed by atoms with van der Waals surface area (Å²) in [6.45, 7) is 9.25. The first-order chi connectivity index (χ1) is 5.13. The monoisotopic (exact) mass is 155 g/mol. The molecule has 0 saturated carbocycles. The van der Waals surface area contributed by atoms with Crippen molar-refractivity contribution in [3.8, 4) is 0 Å². The van der Waals surface area contributed by atoms with Crippen molar-refractivity contribution in [3.63, 3.8) is 0 Å². The van der Waals surface area contributed by atoms with Gasteiger partial charge in [-0.3, -0.25) is 4.79 Å². The number of carbonyl (C=O) groups is 1. The van der Waals surface area contributed by atoms with Crippen molar-refractivity contribution >= 4 is 5.91 Å². The number of carbonyl (C=O) groups excluding carboxylic acids is 1. The van der Waals surface area contributed by atoms with Crippen LogP contribution in [0.3, 0.4) is 0 Å². The Morgan fingerprint density at radius 2 is 1.91 bits per heavy atom. The average Bonchev–Trinajstić information content (AvgIpc) is 1.85. The number of piperazine rings is 1. The molecule has 1 radical (unpaired) electrons. The Balaban J connectivity index is 2.62. The van der Waals surface area contributed by atoms with Gasteiger partial charge >= 0.3 is 0 Å². The number of hydrogen-bond acceptors (Lipinski definition) is 2. The summed E-state index contributed by atoms with van der Waals surface area (Å²) < 4.78 is 0. The number of amides is 1. The predicted octanol–water partition coefficient (Wildman–Crippen LogP) is 0.0293. The lowest BCUT2D eigenvalue weighted by atomic mass is 10.1. The minimum atomic E-state index is -0.0634. The van der Waals surface area contributed by atoms with Crippen LogP contribution in [0.25, 0.3) is 0 Å². The van der Waals surface area contributed by atoms with E-state index in [-0.39, 0.29) is 18.0 Å². The highest BCUT2D eigenvalue weighted by atomic mass is 16.2. The first-order valence-corrected chi connectivity index (χ1v) is 3.98. The highest BCUT2D eigenvalue weighted by molar-refractivity contribution is 5.81. The van der Waals surface area contributed by atoms with E-state index in [4.69, 9.17) is 0 Å². The number of rotatable bonds is 0. The fraction of sp³-hybridized carbons (Fsp3) is 0.750. The number of hydrogen-bond donors (Lipinski definition) is 1. The molecule has 1 aliphatic rings. The van der Waals surface area contributed by atoms with E-state index in [1.165, 1.54) is 0 Å². The summed E-state index contributed by atoms with van der Waals surface area (Å²) in [6, 6.07) is 0.562. The molecule has 1 heterocycles. The van der Waals surface area contributed by atoms with Crippen molar-refractivity contribution in [2.75, 3.05) is 13.1 Å². The maximum Gasteiger partial charge on any atom is 0.223 e. The summed E-state index contributed by atoms with van der Waals surface area (Å²) in [6.07, 6.45) is 0. The lowest BCUT2D eigenvalue weighted by Gasteiger charge is -2.38. The fourth-order valence-corrected chi connectivity index (χ4v) is 1.62. The molecule has 2 atom stereocenters. The maximum absolute atomic E-state index is 11.0. The topological polar surface area (TPSA) is 32.3 Å². The van der Waals surface area contributed by atoms with Crippen LogP contribution in [0.5, 0.6) is 0 Å². The first kappa shape index (κ1) is 8.53. The van der Waals surface area contributed by atoms with Crippen LogP contribution in [0.2, 0.25) is 0 Å². The first-order valence-electron chi connectivity index (χ1n) is 3.98. The molecule has 0 unspecified atom stereocenters.